The summed E-state index contributed by atoms with van der Waals surface area (Å²) in [6.45, 7) is 4.40. The molecule has 0 aliphatic carbocycles. The van der Waals surface area contributed by atoms with Crippen LogP contribution in [0, 0.1) is 5.92 Å². The standard InChI is InChI=1S/C16H18O/c1-12(2)16(9-10-17)15-8-7-13-5-3-4-6-14(13)11-15/h3-9,11-12,17H,10H2,1-2H3/b16-9-. The third-order valence-electron chi connectivity index (χ3n) is 3.02. The van der Waals surface area contributed by atoms with Crippen molar-refractivity contribution >= 4 is 16.3 Å². The molecule has 1 nitrogen and oxygen atoms in total. The average molecular weight is 226 g/mol. The highest BCUT2D eigenvalue weighted by Crippen LogP contribution is 2.26. The summed E-state index contributed by atoms with van der Waals surface area (Å²) in [5, 5.41) is 11.6. The van der Waals surface area contributed by atoms with Crippen LogP contribution >= 0.6 is 0 Å². The maximum atomic E-state index is 9.08. The SMILES string of the molecule is CC(C)/C(=C/CO)c1ccc2ccccc2c1. The lowest BCUT2D eigenvalue weighted by molar-refractivity contribution is 0.342. The Morgan fingerprint density at radius 2 is 1.82 bits per heavy atom. The van der Waals surface area contributed by atoms with Gasteiger partial charge in [-0.15, -0.1) is 0 Å². The van der Waals surface area contributed by atoms with E-state index < -0.39 is 0 Å². The molecule has 0 unspecified atom stereocenters. The average Bonchev–Trinajstić information content (AvgIpc) is 2.35. The Kier molecular flexibility index (Phi) is 3.60. The minimum atomic E-state index is 0.0976. The minimum Gasteiger partial charge on any atom is -0.392 e. The van der Waals surface area contributed by atoms with Crippen molar-refractivity contribution < 1.29 is 5.11 Å². The van der Waals surface area contributed by atoms with E-state index in [-0.39, 0.29) is 6.61 Å². The maximum absolute atomic E-state index is 9.08. The second kappa shape index (κ2) is 5.15. The summed E-state index contributed by atoms with van der Waals surface area (Å²) in [4.78, 5) is 0. The molecule has 0 radical (unpaired) electrons. The van der Waals surface area contributed by atoms with Gasteiger partial charge in [0.2, 0.25) is 0 Å². The molecule has 0 aliphatic rings. The number of fused-ring (bicyclic) bond motifs is 1. The first-order chi connectivity index (χ1) is 8.22. The molecule has 0 amide bonds. The molecular weight excluding hydrogens is 208 g/mol. The van der Waals surface area contributed by atoms with Crippen molar-refractivity contribution in [2.24, 2.45) is 5.92 Å². The highest BCUT2D eigenvalue weighted by atomic mass is 16.2. The van der Waals surface area contributed by atoms with Crippen molar-refractivity contribution in [3.05, 3.63) is 54.1 Å². The Morgan fingerprint density at radius 1 is 1.12 bits per heavy atom. The number of rotatable bonds is 3. The van der Waals surface area contributed by atoms with Gasteiger partial charge in [-0.05, 0) is 33.9 Å². The van der Waals surface area contributed by atoms with Gasteiger partial charge in [0.1, 0.15) is 0 Å². The zero-order chi connectivity index (χ0) is 12.3. The van der Waals surface area contributed by atoms with Crippen molar-refractivity contribution in [2.45, 2.75) is 13.8 Å². The van der Waals surface area contributed by atoms with Gasteiger partial charge in [-0.3, -0.25) is 0 Å². The van der Waals surface area contributed by atoms with E-state index in [9.17, 15) is 0 Å². The molecule has 2 aromatic rings. The zero-order valence-corrected chi connectivity index (χ0v) is 10.4. The predicted octanol–water partition coefficient (Wildman–Crippen LogP) is 3.87. The summed E-state index contributed by atoms with van der Waals surface area (Å²) in [5.74, 6) is 0.420. The minimum absolute atomic E-state index is 0.0976. The summed E-state index contributed by atoms with van der Waals surface area (Å²) >= 11 is 0. The fraction of sp³-hybridized carbons (Fsp3) is 0.250. The van der Waals surface area contributed by atoms with E-state index >= 15 is 0 Å². The molecule has 17 heavy (non-hydrogen) atoms. The monoisotopic (exact) mass is 226 g/mol. The summed E-state index contributed by atoms with van der Waals surface area (Å²) in [5.41, 5.74) is 2.41. The summed E-state index contributed by atoms with van der Waals surface area (Å²) in [7, 11) is 0. The van der Waals surface area contributed by atoms with E-state index in [1.165, 1.54) is 21.9 Å². The predicted molar refractivity (Wildman–Crippen MR) is 73.8 cm³/mol. The Bertz CT molecular complexity index is 538. The van der Waals surface area contributed by atoms with E-state index in [1.807, 2.05) is 6.08 Å². The van der Waals surface area contributed by atoms with Gasteiger partial charge in [0.05, 0.1) is 6.61 Å². The largest absolute Gasteiger partial charge is 0.392 e. The van der Waals surface area contributed by atoms with Gasteiger partial charge in [0.25, 0.3) is 0 Å². The van der Waals surface area contributed by atoms with Crippen molar-refractivity contribution in [3.63, 3.8) is 0 Å². The summed E-state index contributed by atoms with van der Waals surface area (Å²) in [6.07, 6.45) is 1.90. The summed E-state index contributed by atoms with van der Waals surface area (Å²) in [6, 6.07) is 14.8. The molecular formula is C16H18O. The molecule has 0 fully saturated rings. The number of hydrogen-bond acceptors (Lipinski definition) is 1. The van der Waals surface area contributed by atoms with Crippen LogP contribution in [0.1, 0.15) is 19.4 Å². The molecule has 2 aromatic carbocycles. The highest BCUT2D eigenvalue weighted by Gasteiger charge is 2.06. The van der Waals surface area contributed by atoms with Crippen molar-refractivity contribution in [3.8, 4) is 0 Å². The number of aliphatic hydroxyl groups is 1. The summed E-state index contributed by atoms with van der Waals surface area (Å²) < 4.78 is 0. The van der Waals surface area contributed by atoms with Crippen LogP contribution in [0.5, 0.6) is 0 Å². The molecule has 0 heterocycles. The van der Waals surface area contributed by atoms with Crippen molar-refractivity contribution in [1.82, 2.24) is 0 Å². The quantitative estimate of drug-likeness (QED) is 0.842. The molecule has 0 atom stereocenters. The zero-order valence-electron chi connectivity index (χ0n) is 10.4. The van der Waals surface area contributed by atoms with Crippen LogP contribution in [-0.2, 0) is 0 Å². The van der Waals surface area contributed by atoms with Gasteiger partial charge in [0.15, 0.2) is 0 Å². The van der Waals surface area contributed by atoms with Crippen molar-refractivity contribution in [1.29, 1.82) is 0 Å². The molecule has 0 aromatic heterocycles. The van der Waals surface area contributed by atoms with Gasteiger partial charge in [-0.2, -0.15) is 0 Å². The van der Waals surface area contributed by atoms with Crippen LogP contribution in [0.2, 0.25) is 0 Å². The van der Waals surface area contributed by atoms with E-state index in [0.29, 0.717) is 5.92 Å². The molecule has 0 bridgehead atoms. The van der Waals surface area contributed by atoms with Crippen LogP contribution < -0.4 is 0 Å². The van der Waals surface area contributed by atoms with Crippen LogP contribution in [0.25, 0.3) is 16.3 Å². The van der Waals surface area contributed by atoms with Gasteiger partial charge in [-0.25, -0.2) is 0 Å². The number of hydrogen-bond donors (Lipinski definition) is 1. The first-order valence-electron chi connectivity index (χ1n) is 6.02. The molecule has 0 saturated heterocycles. The molecule has 0 aliphatic heterocycles. The first kappa shape index (κ1) is 11.9. The molecule has 0 saturated carbocycles. The molecule has 1 N–H and O–H groups in total. The van der Waals surface area contributed by atoms with Crippen molar-refractivity contribution in [2.75, 3.05) is 6.61 Å². The second-order valence-electron chi connectivity index (χ2n) is 4.56. The van der Waals surface area contributed by atoms with Gasteiger partial charge >= 0.3 is 0 Å². The Labute approximate surface area is 102 Å². The van der Waals surface area contributed by atoms with E-state index in [2.05, 4.69) is 56.3 Å². The smallest absolute Gasteiger partial charge is 0.0618 e. The normalized spacial score (nSPS) is 12.4. The molecule has 88 valence electrons. The molecule has 1 heteroatoms. The lowest BCUT2D eigenvalue weighted by atomic mass is 9.93. The lowest BCUT2D eigenvalue weighted by Crippen LogP contribution is -1.95. The van der Waals surface area contributed by atoms with Crippen LogP contribution in [-0.4, -0.2) is 11.7 Å². The van der Waals surface area contributed by atoms with Gasteiger partial charge in [-0.1, -0.05) is 56.3 Å². The highest BCUT2D eigenvalue weighted by molar-refractivity contribution is 5.86. The molecule has 0 spiro atoms. The van der Waals surface area contributed by atoms with E-state index in [1.54, 1.807) is 0 Å². The first-order valence-corrected chi connectivity index (χ1v) is 6.02. The molecule has 2 rings (SSSR count). The number of aliphatic hydroxyl groups excluding tert-OH is 1. The van der Waals surface area contributed by atoms with E-state index in [0.717, 1.165) is 0 Å². The topological polar surface area (TPSA) is 20.2 Å². The van der Waals surface area contributed by atoms with E-state index in [4.69, 9.17) is 5.11 Å². The second-order valence-corrected chi connectivity index (χ2v) is 4.56. The third-order valence-corrected chi connectivity index (χ3v) is 3.02. The number of benzene rings is 2. The Hall–Kier alpha value is -1.60. The number of allylic oxidation sites excluding steroid dienone is 1. The van der Waals surface area contributed by atoms with Crippen LogP contribution in [0.15, 0.2) is 48.5 Å². The van der Waals surface area contributed by atoms with Gasteiger partial charge in [0, 0.05) is 0 Å². The van der Waals surface area contributed by atoms with Crippen LogP contribution in [0.3, 0.4) is 0 Å². The fourth-order valence-electron chi connectivity index (χ4n) is 2.15. The van der Waals surface area contributed by atoms with Gasteiger partial charge < -0.3 is 5.11 Å². The van der Waals surface area contributed by atoms with Crippen LogP contribution in [0.4, 0.5) is 0 Å². The fourth-order valence-corrected chi connectivity index (χ4v) is 2.15. The third kappa shape index (κ3) is 2.56. The Balaban J connectivity index is 2.51. The maximum Gasteiger partial charge on any atom is 0.0618 e. The Morgan fingerprint density at radius 3 is 2.47 bits per heavy atom. The lowest BCUT2D eigenvalue weighted by Gasteiger charge is -2.12.